The van der Waals surface area contributed by atoms with Crippen molar-refractivity contribution >= 4 is 11.6 Å². The average molecular weight is 278 g/mol. The second kappa shape index (κ2) is 5.54. The molecule has 2 bridgehead atoms. The van der Waals surface area contributed by atoms with Crippen molar-refractivity contribution in [1.29, 1.82) is 0 Å². The van der Waals surface area contributed by atoms with Gasteiger partial charge in [0.05, 0.1) is 6.10 Å². The third-order valence-electron chi connectivity index (χ3n) is 4.19. The van der Waals surface area contributed by atoms with E-state index in [1.165, 1.54) is 0 Å². The Balaban J connectivity index is 1.85. The van der Waals surface area contributed by atoms with Gasteiger partial charge in [-0.25, -0.2) is 9.97 Å². The number of nitrogens with zero attached hydrogens (tertiary/aromatic N) is 3. The van der Waals surface area contributed by atoms with Gasteiger partial charge in [-0.05, 0) is 32.6 Å². The first-order chi connectivity index (χ1) is 9.67. The molecule has 3 rings (SSSR count). The first-order valence-corrected chi connectivity index (χ1v) is 7.35. The van der Waals surface area contributed by atoms with Gasteiger partial charge < -0.3 is 20.5 Å². The summed E-state index contributed by atoms with van der Waals surface area (Å²) in [5.74, 6) is 1.99. The Morgan fingerprint density at radius 1 is 1.35 bits per heavy atom. The molecule has 0 aromatic carbocycles. The monoisotopic (exact) mass is 278 g/mol. The number of aromatic nitrogens is 2. The van der Waals surface area contributed by atoms with Crippen LogP contribution in [0.2, 0.25) is 0 Å². The van der Waals surface area contributed by atoms with E-state index in [1.54, 1.807) is 0 Å². The van der Waals surface area contributed by atoms with E-state index >= 15 is 0 Å². The van der Waals surface area contributed by atoms with Crippen LogP contribution in [0.3, 0.4) is 0 Å². The normalized spacial score (nSPS) is 28.9. The van der Waals surface area contributed by atoms with Crippen LogP contribution < -0.4 is 10.6 Å². The number of nitrogens with two attached hydrogens (primary N) is 1. The molecule has 0 amide bonds. The lowest BCUT2D eigenvalue weighted by Crippen LogP contribution is -2.45. The van der Waals surface area contributed by atoms with E-state index in [9.17, 15) is 5.11 Å². The smallest absolute Gasteiger partial charge is 0.158 e. The molecule has 6 heteroatoms. The van der Waals surface area contributed by atoms with Crippen LogP contribution in [0, 0.1) is 0 Å². The summed E-state index contributed by atoms with van der Waals surface area (Å²) in [6.45, 7) is 2.97. The van der Waals surface area contributed by atoms with Gasteiger partial charge in [-0.1, -0.05) is 0 Å². The molecule has 1 aromatic rings. The summed E-state index contributed by atoms with van der Waals surface area (Å²) < 4.78 is 5.36. The van der Waals surface area contributed by atoms with Crippen LogP contribution in [0.1, 0.15) is 38.4 Å². The number of hydrogen-bond acceptors (Lipinski definition) is 6. The molecule has 2 atom stereocenters. The maximum Gasteiger partial charge on any atom is 0.158 e. The summed E-state index contributed by atoms with van der Waals surface area (Å²) in [5.41, 5.74) is 5.89. The van der Waals surface area contributed by atoms with Gasteiger partial charge in [0.15, 0.2) is 5.82 Å². The zero-order chi connectivity index (χ0) is 14.1. The highest BCUT2D eigenvalue weighted by molar-refractivity contribution is 5.50. The number of fused-ring (bicyclic) bond motifs is 2. The van der Waals surface area contributed by atoms with Gasteiger partial charge in [-0.2, -0.15) is 0 Å². The zero-order valence-corrected chi connectivity index (χ0v) is 11.8. The van der Waals surface area contributed by atoms with Gasteiger partial charge in [-0.15, -0.1) is 0 Å². The molecular weight excluding hydrogens is 256 g/mol. The molecule has 20 heavy (non-hydrogen) atoms. The van der Waals surface area contributed by atoms with Gasteiger partial charge in [0.25, 0.3) is 0 Å². The van der Waals surface area contributed by atoms with Crippen molar-refractivity contribution in [1.82, 2.24) is 9.97 Å². The molecule has 0 saturated carbocycles. The van der Waals surface area contributed by atoms with E-state index in [1.807, 2.05) is 13.0 Å². The number of aliphatic hydroxyl groups excluding tert-OH is 1. The SMILES string of the molecule is CCOCc1nc(N)cc(N2C3CCC2CC(O)C3)n1. The topological polar surface area (TPSA) is 84.5 Å². The maximum atomic E-state index is 9.88. The average Bonchev–Trinajstić information content (AvgIpc) is 2.68. The lowest BCUT2D eigenvalue weighted by molar-refractivity contribution is 0.124. The minimum absolute atomic E-state index is 0.175. The summed E-state index contributed by atoms with van der Waals surface area (Å²) in [6, 6.07) is 2.58. The molecular formula is C14H22N4O2. The highest BCUT2D eigenvalue weighted by atomic mass is 16.5. The summed E-state index contributed by atoms with van der Waals surface area (Å²) in [7, 11) is 0. The number of nitrogen functional groups attached to an aromatic ring is 1. The zero-order valence-electron chi connectivity index (χ0n) is 11.8. The number of piperidine rings is 1. The molecule has 3 heterocycles. The van der Waals surface area contributed by atoms with Crippen molar-refractivity contribution < 1.29 is 9.84 Å². The number of hydrogen-bond donors (Lipinski definition) is 2. The van der Waals surface area contributed by atoms with Crippen molar-refractivity contribution in [2.24, 2.45) is 0 Å². The fourth-order valence-corrected chi connectivity index (χ4v) is 3.42. The van der Waals surface area contributed by atoms with Gasteiger partial charge >= 0.3 is 0 Å². The van der Waals surface area contributed by atoms with Gasteiger partial charge in [0, 0.05) is 24.8 Å². The maximum absolute atomic E-state index is 9.88. The van der Waals surface area contributed by atoms with Crippen LogP contribution in [0.25, 0.3) is 0 Å². The molecule has 110 valence electrons. The summed E-state index contributed by atoms with van der Waals surface area (Å²) in [5, 5.41) is 9.88. The Morgan fingerprint density at radius 3 is 2.70 bits per heavy atom. The van der Waals surface area contributed by atoms with E-state index in [4.69, 9.17) is 10.5 Å². The minimum atomic E-state index is -0.175. The van der Waals surface area contributed by atoms with Crippen LogP contribution in [-0.2, 0) is 11.3 Å². The van der Waals surface area contributed by atoms with Gasteiger partial charge in [0.1, 0.15) is 18.2 Å². The van der Waals surface area contributed by atoms with Crippen LogP contribution in [0.15, 0.2) is 6.07 Å². The van der Waals surface area contributed by atoms with E-state index in [0.29, 0.717) is 36.9 Å². The van der Waals surface area contributed by atoms with Crippen LogP contribution >= 0.6 is 0 Å². The molecule has 2 unspecified atom stereocenters. The summed E-state index contributed by atoms with van der Waals surface area (Å²) in [6.07, 6.45) is 3.70. The Bertz CT molecular complexity index is 468. The fraction of sp³-hybridized carbons (Fsp3) is 0.714. The molecule has 2 aliphatic rings. The second-order valence-corrected chi connectivity index (χ2v) is 5.62. The van der Waals surface area contributed by atoms with Gasteiger partial charge in [-0.3, -0.25) is 0 Å². The third kappa shape index (κ3) is 2.58. The molecule has 6 nitrogen and oxygen atoms in total. The number of rotatable bonds is 4. The van der Waals surface area contributed by atoms with Crippen molar-refractivity contribution in [3.8, 4) is 0 Å². The lowest BCUT2D eigenvalue weighted by atomic mass is 10.00. The summed E-state index contributed by atoms with van der Waals surface area (Å²) >= 11 is 0. The highest BCUT2D eigenvalue weighted by Crippen LogP contribution is 2.38. The highest BCUT2D eigenvalue weighted by Gasteiger charge is 2.41. The first kappa shape index (κ1) is 13.6. The molecule has 0 radical (unpaired) electrons. The van der Waals surface area contributed by atoms with Crippen molar-refractivity contribution in [2.45, 2.75) is 57.4 Å². The van der Waals surface area contributed by atoms with Crippen LogP contribution in [0.4, 0.5) is 11.6 Å². The number of anilines is 2. The number of ether oxygens (including phenoxy) is 1. The Hall–Kier alpha value is -1.40. The summed E-state index contributed by atoms with van der Waals surface area (Å²) in [4.78, 5) is 11.1. The third-order valence-corrected chi connectivity index (χ3v) is 4.19. The van der Waals surface area contributed by atoms with E-state index in [2.05, 4.69) is 14.9 Å². The molecule has 0 spiro atoms. The van der Waals surface area contributed by atoms with Crippen molar-refractivity contribution in [2.75, 3.05) is 17.2 Å². The Kier molecular flexibility index (Phi) is 3.76. The predicted octanol–water partition coefficient (Wildman–Crippen LogP) is 1.09. The first-order valence-electron chi connectivity index (χ1n) is 7.35. The molecule has 2 saturated heterocycles. The van der Waals surface area contributed by atoms with E-state index < -0.39 is 0 Å². The Labute approximate surface area is 119 Å². The molecule has 0 aliphatic carbocycles. The van der Waals surface area contributed by atoms with Crippen molar-refractivity contribution in [3.63, 3.8) is 0 Å². The quantitative estimate of drug-likeness (QED) is 0.857. The van der Waals surface area contributed by atoms with Gasteiger partial charge in [0.2, 0.25) is 0 Å². The van der Waals surface area contributed by atoms with Crippen LogP contribution in [0.5, 0.6) is 0 Å². The second-order valence-electron chi connectivity index (χ2n) is 5.62. The predicted molar refractivity (Wildman–Crippen MR) is 76.3 cm³/mol. The van der Waals surface area contributed by atoms with E-state index in [-0.39, 0.29) is 6.10 Å². The standard InChI is InChI=1S/C14H22N4O2/c1-2-20-8-13-16-12(15)7-14(17-13)18-9-3-4-10(18)6-11(19)5-9/h7,9-11,19H,2-6,8H2,1H3,(H2,15,16,17). The van der Waals surface area contributed by atoms with Crippen molar-refractivity contribution in [3.05, 3.63) is 11.9 Å². The molecule has 3 N–H and O–H groups in total. The fourth-order valence-electron chi connectivity index (χ4n) is 3.42. The molecule has 1 aromatic heterocycles. The largest absolute Gasteiger partial charge is 0.393 e. The Morgan fingerprint density at radius 2 is 2.05 bits per heavy atom. The van der Waals surface area contributed by atoms with E-state index in [0.717, 1.165) is 31.5 Å². The minimum Gasteiger partial charge on any atom is -0.393 e. The number of aliphatic hydroxyl groups is 1. The molecule has 2 aliphatic heterocycles. The van der Waals surface area contributed by atoms with Crippen LogP contribution in [-0.4, -0.2) is 39.9 Å². The lowest BCUT2D eigenvalue weighted by Gasteiger charge is -2.38. The molecule has 2 fully saturated rings.